The number of carbonyl (C=O) groups is 2. The Bertz CT molecular complexity index is 1100. The van der Waals surface area contributed by atoms with Crippen LogP contribution in [-0.2, 0) is 22.9 Å². The van der Waals surface area contributed by atoms with E-state index >= 15 is 0 Å². The second kappa shape index (κ2) is 8.56. The molecule has 3 aromatic rings. The second-order valence-electron chi connectivity index (χ2n) is 6.45. The van der Waals surface area contributed by atoms with Gasteiger partial charge in [-0.05, 0) is 11.1 Å². The number of hydrogen-bond donors (Lipinski definition) is 0. The summed E-state index contributed by atoms with van der Waals surface area (Å²) in [5, 5.41) is 0. The van der Waals surface area contributed by atoms with Crippen molar-refractivity contribution in [2.24, 2.45) is 7.05 Å². The largest absolute Gasteiger partial charge is 0.465 e. The van der Waals surface area contributed by atoms with E-state index in [2.05, 4.69) is 0 Å². The van der Waals surface area contributed by atoms with Gasteiger partial charge in [-0.25, -0.2) is 9.59 Å². The van der Waals surface area contributed by atoms with Crippen LogP contribution in [0.3, 0.4) is 0 Å². The van der Waals surface area contributed by atoms with Gasteiger partial charge in [0.1, 0.15) is 0 Å². The highest BCUT2D eigenvalue weighted by molar-refractivity contribution is 6.08. The van der Waals surface area contributed by atoms with Crippen LogP contribution in [0.5, 0.6) is 0 Å². The van der Waals surface area contributed by atoms with Gasteiger partial charge in [-0.2, -0.15) is 0 Å². The summed E-state index contributed by atoms with van der Waals surface area (Å²) >= 11 is 0. The molecule has 1 heterocycles. The molecule has 148 valence electrons. The van der Waals surface area contributed by atoms with Gasteiger partial charge >= 0.3 is 11.9 Å². The van der Waals surface area contributed by atoms with Crippen LogP contribution in [0.4, 0.5) is 0 Å². The lowest BCUT2D eigenvalue weighted by Crippen LogP contribution is -2.31. The summed E-state index contributed by atoms with van der Waals surface area (Å²) in [5.74, 6) is -1.47. The highest BCUT2D eigenvalue weighted by Gasteiger charge is 2.30. The molecule has 0 unspecified atom stereocenters. The number of carbonyl (C=O) groups excluding carboxylic acids is 2. The van der Waals surface area contributed by atoms with Crippen LogP contribution in [0.1, 0.15) is 31.8 Å². The fourth-order valence-electron chi connectivity index (χ4n) is 3.37. The van der Waals surface area contributed by atoms with Crippen LogP contribution in [0.25, 0.3) is 11.3 Å². The SMILES string of the molecule is COC(=O)c1c(C(=O)OC)c(-c2ccccc2)n(C)c(=O)c1Cc1ccccc1. The lowest BCUT2D eigenvalue weighted by atomic mass is 9.93. The maximum absolute atomic E-state index is 13.3. The van der Waals surface area contributed by atoms with Crippen molar-refractivity contribution >= 4 is 11.9 Å². The van der Waals surface area contributed by atoms with Crippen LogP contribution in [0.2, 0.25) is 0 Å². The van der Waals surface area contributed by atoms with E-state index in [4.69, 9.17) is 9.47 Å². The molecule has 0 bridgehead atoms. The van der Waals surface area contributed by atoms with Crippen LogP contribution in [0, 0.1) is 0 Å². The molecule has 6 heteroatoms. The average molecular weight is 391 g/mol. The third-order valence-corrected chi connectivity index (χ3v) is 4.74. The van der Waals surface area contributed by atoms with Gasteiger partial charge in [0.2, 0.25) is 0 Å². The number of aromatic nitrogens is 1. The van der Waals surface area contributed by atoms with Crippen LogP contribution < -0.4 is 5.56 Å². The Kier molecular flexibility index (Phi) is 5.93. The number of ether oxygens (including phenoxy) is 2. The molecule has 3 rings (SSSR count). The van der Waals surface area contributed by atoms with E-state index in [9.17, 15) is 14.4 Å². The Morgan fingerprint density at radius 1 is 0.828 bits per heavy atom. The molecule has 0 aliphatic rings. The summed E-state index contributed by atoms with van der Waals surface area (Å²) in [7, 11) is 4.03. The van der Waals surface area contributed by atoms with Crippen molar-refractivity contribution in [2.75, 3.05) is 14.2 Å². The lowest BCUT2D eigenvalue weighted by Gasteiger charge is -2.19. The number of benzene rings is 2. The maximum Gasteiger partial charge on any atom is 0.340 e. The van der Waals surface area contributed by atoms with E-state index in [1.165, 1.54) is 18.8 Å². The molecule has 0 saturated heterocycles. The Labute approximate surface area is 168 Å². The van der Waals surface area contributed by atoms with Crippen molar-refractivity contribution in [1.29, 1.82) is 0 Å². The minimum Gasteiger partial charge on any atom is -0.465 e. The second-order valence-corrected chi connectivity index (χ2v) is 6.45. The molecule has 0 aliphatic carbocycles. The van der Waals surface area contributed by atoms with Gasteiger partial charge in [0.15, 0.2) is 0 Å². The van der Waals surface area contributed by atoms with Crippen molar-refractivity contribution in [3.8, 4) is 11.3 Å². The van der Waals surface area contributed by atoms with Gasteiger partial charge in [-0.15, -0.1) is 0 Å². The first-order chi connectivity index (χ1) is 14.0. The quantitative estimate of drug-likeness (QED) is 0.625. The van der Waals surface area contributed by atoms with Crippen molar-refractivity contribution in [2.45, 2.75) is 6.42 Å². The van der Waals surface area contributed by atoms with Gasteiger partial charge in [-0.3, -0.25) is 4.79 Å². The molecule has 0 saturated carbocycles. The first-order valence-corrected chi connectivity index (χ1v) is 9.01. The minimum atomic E-state index is -0.758. The summed E-state index contributed by atoms with van der Waals surface area (Å²) in [4.78, 5) is 38.8. The van der Waals surface area contributed by atoms with Crippen LogP contribution in [0.15, 0.2) is 65.5 Å². The highest BCUT2D eigenvalue weighted by Crippen LogP contribution is 2.28. The number of esters is 2. The topological polar surface area (TPSA) is 74.6 Å². The Morgan fingerprint density at radius 3 is 1.90 bits per heavy atom. The van der Waals surface area contributed by atoms with E-state index in [1.54, 1.807) is 31.3 Å². The zero-order valence-electron chi connectivity index (χ0n) is 16.5. The molecular weight excluding hydrogens is 370 g/mol. The third-order valence-electron chi connectivity index (χ3n) is 4.74. The standard InChI is InChI=1S/C23H21NO5/c1-24-20(16-12-8-5-9-13-16)19(23(27)29-3)18(22(26)28-2)17(21(24)25)14-15-10-6-4-7-11-15/h4-13H,14H2,1-3H3. The predicted octanol–water partition coefficient (Wildman–Crippen LogP) is 3.22. The number of hydrogen-bond acceptors (Lipinski definition) is 5. The Hall–Kier alpha value is -3.67. The highest BCUT2D eigenvalue weighted by atomic mass is 16.5. The number of methoxy groups -OCH3 is 2. The van der Waals surface area contributed by atoms with E-state index in [-0.39, 0.29) is 28.7 Å². The first-order valence-electron chi connectivity index (χ1n) is 9.01. The van der Waals surface area contributed by atoms with Gasteiger partial charge in [0.25, 0.3) is 5.56 Å². The van der Waals surface area contributed by atoms with Crippen LogP contribution >= 0.6 is 0 Å². The summed E-state index contributed by atoms with van der Waals surface area (Å²) in [6, 6.07) is 18.2. The van der Waals surface area contributed by atoms with E-state index in [0.717, 1.165) is 5.56 Å². The molecule has 0 amide bonds. The van der Waals surface area contributed by atoms with Crippen molar-refractivity contribution in [3.05, 3.63) is 93.3 Å². The van der Waals surface area contributed by atoms with E-state index in [1.807, 2.05) is 36.4 Å². The Balaban J connectivity index is 2.41. The molecule has 29 heavy (non-hydrogen) atoms. The smallest absolute Gasteiger partial charge is 0.340 e. The van der Waals surface area contributed by atoms with Gasteiger partial charge in [0.05, 0.1) is 31.0 Å². The van der Waals surface area contributed by atoms with E-state index < -0.39 is 11.9 Å². The molecule has 0 fully saturated rings. The molecule has 0 atom stereocenters. The molecule has 0 N–H and O–H groups in total. The maximum atomic E-state index is 13.3. The number of rotatable bonds is 5. The fraction of sp³-hybridized carbons (Fsp3) is 0.174. The summed E-state index contributed by atoms with van der Waals surface area (Å²) in [6.45, 7) is 0. The van der Waals surface area contributed by atoms with Crippen molar-refractivity contribution in [1.82, 2.24) is 4.57 Å². The average Bonchev–Trinajstić information content (AvgIpc) is 2.77. The lowest BCUT2D eigenvalue weighted by molar-refractivity contribution is 0.0553. The monoisotopic (exact) mass is 391 g/mol. The molecule has 1 aromatic heterocycles. The minimum absolute atomic E-state index is 0.0126. The van der Waals surface area contributed by atoms with Gasteiger partial charge < -0.3 is 14.0 Å². The Morgan fingerprint density at radius 2 is 1.34 bits per heavy atom. The fourth-order valence-corrected chi connectivity index (χ4v) is 3.37. The molecular formula is C23H21NO5. The zero-order chi connectivity index (χ0) is 21.0. The zero-order valence-corrected chi connectivity index (χ0v) is 16.5. The summed E-state index contributed by atoms with van der Waals surface area (Å²) in [6.07, 6.45) is 0.178. The van der Waals surface area contributed by atoms with Gasteiger partial charge in [0, 0.05) is 19.0 Å². The normalized spacial score (nSPS) is 10.4. The molecule has 2 aromatic carbocycles. The molecule has 6 nitrogen and oxygen atoms in total. The van der Waals surface area contributed by atoms with Crippen LogP contribution in [-0.4, -0.2) is 30.7 Å². The molecule has 0 spiro atoms. The predicted molar refractivity (Wildman–Crippen MR) is 109 cm³/mol. The summed E-state index contributed by atoms with van der Waals surface area (Å²) in [5.41, 5.74) is 1.51. The number of pyridine rings is 1. The van der Waals surface area contributed by atoms with Gasteiger partial charge in [-0.1, -0.05) is 60.7 Å². The van der Waals surface area contributed by atoms with Crippen molar-refractivity contribution in [3.63, 3.8) is 0 Å². The molecule has 0 aliphatic heterocycles. The number of nitrogens with zero attached hydrogens (tertiary/aromatic N) is 1. The van der Waals surface area contributed by atoms with Crippen molar-refractivity contribution < 1.29 is 19.1 Å². The van der Waals surface area contributed by atoms with E-state index in [0.29, 0.717) is 11.3 Å². The molecule has 0 radical (unpaired) electrons. The third kappa shape index (κ3) is 3.82. The first kappa shape index (κ1) is 20.1. The summed E-state index contributed by atoms with van der Waals surface area (Å²) < 4.78 is 11.3.